The maximum absolute atomic E-state index is 11.8. The topological polar surface area (TPSA) is 115 Å². The maximum Gasteiger partial charge on any atom is 0.408 e. The lowest BCUT2D eigenvalue weighted by Crippen LogP contribution is -2.44. The fourth-order valence-corrected chi connectivity index (χ4v) is 2.29. The minimum Gasteiger partial charge on any atom is -0.480 e. The fourth-order valence-electron chi connectivity index (χ4n) is 2.29. The second kappa shape index (κ2) is 6.62. The first-order valence-electron chi connectivity index (χ1n) is 7.42. The van der Waals surface area contributed by atoms with Crippen LogP contribution in [0.25, 0.3) is 10.9 Å². The number of carbonyl (C=O) groups is 2. The van der Waals surface area contributed by atoms with Crippen LogP contribution in [0.5, 0.6) is 0 Å². The monoisotopic (exact) mass is 329 g/mol. The van der Waals surface area contributed by atoms with Crippen molar-refractivity contribution >= 4 is 23.0 Å². The first-order valence-corrected chi connectivity index (χ1v) is 7.42. The lowest BCUT2D eigenvalue weighted by atomic mass is 10.0. The number of nitriles is 1. The summed E-state index contributed by atoms with van der Waals surface area (Å²) in [5.41, 5.74) is 1.28. The van der Waals surface area contributed by atoms with Crippen LogP contribution >= 0.6 is 0 Å². The molecule has 0 aliphatic carbocycles. The van der Waals surface area contributed by atoms with E-state index in [1.165, 1.54) is 0 Å². The Morgan fingerprint density at radius 2 is 2.12 bits per heavy atom. The molecule has 0 bridgehead atoms. The number of alkyl carbamates (subject to hydrolysis) is 1. The summed E-state index contributed by atoms with van der Waals surface area (Å²) in [5, 5.41) is 21.4. The van der Waals surface area contributed by atoms with E-state index in [0.717, 1.165) is 16.5 Å². The van der Waals surface area contributed by atoms with Crippen molar-refractivity contribution in [3.63, 3.8) is 0 Å². The average molecular weight is 329 g/mol. The molecular formula is C17H19N3O4. The normalized spacial score (nSPS) is 12.4. The van der Waals surface area contributed by atoms with Crippen LogP contribution in [0.4, 0.5) is 4.79 Å². The van der Waals surface area contributed by atoms with Gasteiger partial charge in [-0.05, 0) is 38.5 Å². The van der Waals surface area contributed by atoms with Crippen molar-refractivity contribution in [3.05, 3.63) is 35.5 Å². The zero-order chi connectivity index (χ0) is 17.9. The average Bonchev–Trinajstić information content (AvgIpc) is 2.86. The Kier molecular flexibility index (Phi) is 4.79. The van der Waals surface area contributed by atoms with Crippen molar-refractivity contribution in [3.8, 4) is 6.07 Å². The molecule has 2 aromatic rings. The third-order valence-electron chi connectivity index (χ3n) is 3.31. The second-order valence-electron chi connectivity index (χ2n) is 6.43. The smallest absolute Gasteiger partial charge is 0.408 e. The van der Waals surface area contributed by atoms with Crippen LogP contribution in [0, 0.1) is 11.3 Å². The largest absolute Gasteiger partial charge is 0.480 e. The lowest BCUT2D eigenvalue weighted by molar-refractivity contribution is -0.139. The number of aromatic amines is 1. The van der Waals surface area contributed by atoms with Crippen LogP contribution in [0.15, 0.2) is 24.4 Å². The third-order valence-corrected chi connectivity index (χ3v) is 3.31. The Hall–Kier alpha value is -3.01. The summed E-state index contributed by atoms with van der Waals surface area (Å²) < 4.78 is 5.10. The van der Waals surface area contributed by atoms with Crippen molar-refractivity contribution in [2.24, 2.45) is 0 Å². The number of amides is 1. The van der Waals surface area contributed by atoms with Crippen LogP contribution in [0.3, 0.4) is 0 Å². The standard InChI is InChI=1S/C17H19N3O4/c1-17(2,3)24-16(23)20-14(15(21)22)7-11-9-19-13-6-10(8-18)4-5-12(11)13/h4-6,9,14,19H,7H2,1-3H3,(H,20,23)(H,21,22). The summed E-state index contributed by atoms with van der Waals surface area (Å²) in [6, 6.07) is 6.04. The summed E-state index contributed by atoms with van der Waals surface area (Å²) in [5.74, 6) is -1.15. The van der Waals surface area contributed by atoms with Crippen molar-refractivity contribution < 1.29 is 19.4 Å². The highest BCUT2D eigenvalue weighted by Crippen LogP contribution is 2.21. The molecule has 0 saturated heterocycles. The van der Waals surface area contributed by atoms with E-state index in [1.54, 1.807) is 45.2 Å². The van der Waals surface area contributed by atoms with Gasteiger partial charge < -0.3 is 20.1 Å². The van der Waals surface area contributed by atoms with Crippen LogP contribution in [-0.2, 0) is 16.0 Å². The van der Waals surface area contributed by atoms with E-state index in [0.29, 0.717) is 5.56 Å². The number of benzene rings is 1. The Bertz CT molecular complexity index is 811. The molecule has 0 aliphatic heterocycles. The Balaban J connectivity index is 2.18. The predicted octanol–water partition coefficient (Wildman–Crippen LogP) is 2.56. The molecular weight excluding hydrogens is 310 g/mol. The number of ether oxygens (including phenoxy) is 1. The number of carboxylic acid groups (broad SMARTS) is 1. The number of hydrogen-bond acceptors (Lipinski definition) is 4. The molecule has 7 nitrogen and oxygen atoms in total. The maximum atomic E-state index is 11.8. The summed E-state index contributed by atoms with van der Waals surface area (Å²) in [7, 11) is 0. The predicted molar refractivity (Wildman–Crippen MR) is 87.5 cm³/mol. The molecule has 1 aromatic heterocycles. The van der Waals surface area contributed by atoms with Gasteiger partial charge in [0.05, 0.1) is 11.6 Å². The van der Waals surface area contributed by atoms with Crippen LogP contribution < -0.4 is 5.32 Å². The lowest BCUT2D eigenvalue weighted by Gasteiger charge is -2.22. The highest BCUT2D eigenvalue weighted by atomic mass is 16.6. The first kappa shape index (κ1) is 17.3. The van der Waals surface area contributed by atoms with Gasteiger partial charge in [0.15, 0.2) is 0 Å². The van der Waals surface area contributed by atoms with Gasteiger partial charge in [0, 0.05) is 23.5 Å². The number of nitrogens with one attached hydrogen (secondary N) is 2. The van der Waals surface area contributed by atoms with Crippen molar-refractivity contribution in [2.75, 3.05) is 0 Å². The number of carbonyl (C=O) groups excluding carboxylic acids is 1. The highest BCUT2D eigenvalue weighted by Gasteiger charge is 2.25. The van der Waals surface area contributed by atoms with Gasteiger partial charge in [0.25, 0.3) is 0 Å². The second-order valence-corrected chi connectivity index (χ2v) is 6.43. The molecule has 1 aromatic carbocycles. The van der Waals surface area contributed by atoms with E-state index < -0.39 is 23.7 Å². The molecule has 2 rings (SSSR count). The molecule has 0 fully saturated rings. The minimum absolute atomic E-state index is 0.0977. The molecule has 1 amide bonds. The first-order chi connectivity index (χ1) is 11.2. The number of H-pyrrole nitrogens is 1. The van der Waals surface area contributed by atoms with Gasteiger partial charge in [0.1, 0.15) is 11.6 Å². The Labute approximate surface area is 139 Å². The van der Waals surface area contributed by atoms with Gasteiger partial charge in [-0.3, -0.25) is 0 Å². The van der Waals surface area contributed by atoms with Gasteiger partial charge in [-0.25, -0.2) is 9.59 Å². The van der Waals surface area contributed by atoms with Crippen LogP contribution in [0.1, 0.15) is 31.9 Å². The molecule has 1 unspecified atom stereocenters. The number of nitrogens with zero attached hydrogens (tertiary/aromatic N) is 1. The molecule has 0 aliphatic rings. The molecule has 7 heteroatoms. The van der Waals surface area contributed by atoms with Crippen LogP contribution in [-0.4, -0.2) is 33.8 Å². The van der Waals surface area contributed by atoms with Gasteiger partial charge in [-0.2, -0.15) is 5.26 Å². The van der Waals surface area contributed by atoms with Gasteiger partial charge >= 0.3 is 12.1 Å². The molecule has 126 valence electrons. The number of aliphatic carboxylic acids is 1. The zero-order valence-electron chi connectivity index (χ0n) is 13.7. The molecule has 1 heterocycles. The van der Waals surface area contributed by atoms with Gasteiger partial charge in [0.2, 0.25) is 0 Å². The molecule has 0 radical (unpaired) electrons. The molecule has 24 heavy (non-hydrogen) atoms. The summed E-state index contributed by atoms with van der Waals surface area (Å²) in [6.45, 7) is 5.11. The van der Waals surface area contributed by atoms with Gasteiger partial charge in [-0.1, -0.05) is 6.07 Å². The minimum atomic E-state index is -1.15. The zero-order valence-corrected chi connectivity index (χ0v) is 13.7. The van der Waals surface area contributed by atoms with Crippen LogP contribution in [0.2, 0.25) is 0 Å². The molecule has 3 N–H and O–H groups in total. The van der Waals surface area contributed by atoms with E-state index in [4.69, 9.17) is 10.00 Å². The molecule has 0 spiro atoms. The third kappa shape index (κ3) is 4.26. The number of carboxylic acids is 1. The van der Waals surface area contributed by atoms with E-state index >= 15 is 0 Å². The molecule has 1 atom stereocenters. The highest BCUT2D eigenvalue weighted by molar-refractivity contribution is 5.86. The Morgan fingerprint density at radius 3 is 2.71 bits per heavy atom. The fraction of sp³-hybridized carbons (Fsp3) is 0.353. The Morgan fingerprint density at radius 1 is 1.42 bits per heavy atom. The van der Waals surface area contributed by atoms with E-state index in [9.17, 15) is 14.7 Å². The van der Waals surface area contributed by atoms with E-state index in [1.807, 2.05) is 6.07 Å². The summed E-state index contributed by atoms with van der Waals surface area (Å²) in [6.07, 6.45) is 1.00. The van der Waals surface area contributed by atoms with Crippen molar-refractivity contribution in [1.82, 2.24) is 10.3 Å². The number of hydrogen-bond donors (Lipinski definition) is 3. The SMILES string of the molecule is CC(C)(C)OC(=O)NC(Cc1c[nH]c2cc(C#N)ccc12)C(=O)O. The van der Waals surface area contributed by atoms with E-state index in [2.05, 4.69) is 10.3 Å². The summed E-state index contributed by atoms with van der Waals surface area (Å²) in [4.78, 5) is 26.3. The van der Waals surface area contributed by atoms with E-state index in [-0.39, 0.29) is 6.42 Å². The van der Waals surface area contributed by atoms with Crippen molar-refractivity contribution in [1.29, 1.82) is 5.26 Å². The number of rotatable bonds is 4. The number of fused-ring (bicyclic) bond motifs is 1. The quantitative estimate of drug-likeness (QED) is 0.797. The summed E-state index contributed by atoms with van der Waals surface area (Å²) >= 11 is 0. The number of aromatic nitrogens is 1. The molecule has 0 saturated carbocycles. The van der Waals surface area contributed by atoms with Crippen molar-refractivity contribution in [2.45, 2.75) is 38.8 Å². The van der Waals surface area contributed by atoms with Gasteiger partial charge in [-0.15, -0.1) is 0 Å².